The molecule has 1 rings (SSSR count). The highest BCUT2D eigenvalue weighted by atomic mass is 16.5. The Morgan fingerprint density at radius 2 is 1.47 bits per heavy atom. The molecule has 1 saturated heterocycles. The van der Waals surface area contributed by atoms with Gasteiger partial charge in [0, 0.05) is 5.92 Å². The third-order valence-electron chi connectivity index (χ3n) is 2.99. The van der Waals surface area contributed by atoms with Gasteiger partial charge in [-0.25, -0.2) is 0 Å². The summed E-state index contributed by atoms with van der Waals surface area (Å²) in [6.07, 6.45) is -1.62. The van der Waals surface area contributed by atoms with Crippen molar-refractivity contribution in [3.63, 3.8) is 0 Å². The molecule has 3 heteroatoms. The lowest BCUT2D eigenvalue weighted by molar-refractivity contribution is -0.202. The first-order chi connectivity index (χ1) is 6.95. The fourth-order valence-corrected chi connectivity index (χ4v) is 1.79. The predicted molar refractivity (Wildman–Crippen MR) is 61.7 cm³/mol. The average Bonchev–Trinajstić information content (AvgIpc) is 2.23. The van der Waals surface area contributed by atoms with Crippen molar-refractivity contribution in [2.75, 3.05) is 0 Å². The van der Waals surface area contributed by atoms with E-state index in [-0.39, 0.29) is 24.0 Å². The van der Waals surface area contributed by atoms with Gasteiger partial charge in [-0.2, -0.15) is 0 Å². The van der Waals surface area contributed by atoms with Crippen molar-refractivity contribution in [2.24, 2.45) is 11.8 Å². The van der Waals surface area contributed by atoms with E-state index in [2.05, 4.69) is 0 Å². The van der Waals surface area contributed by atoms with Gasteiger partial charge in [0.15, 0.2) is 0 Å². The van der Waals surface area contributed by atoms with E-state index >= 15 is 0 Å². The van der Waals surface area contributed by atoms with Crippen LogP contribution in [0.15, 0.2) is 0 Å². The minimum atomic E-state index is -0.744. The Hall–Kier alpha value is -0.120. The zero-order valence-corrected chi connectivity index (χ0v) is 10.8. The van der Waals surface area contributed by atoms with Crippen LogP contribution in [-0.2, 0) is 4.74 Å². The molecule has 5 unspecified atom stereocenters. The molecule has 0 saturated carbocycles. The van der Waals surface area contributed by atoms with Gasteiger partial charge < -0.3 is 14.9 Å². The number of aliphatic hydroxyl groups excluding tert-OH is 2. The Labute approximate surface area is 93.5 Å². The van der Waals surface area contributed by atoms with Crippen molar-refractivity contribution in [3.8, 4) is 0 Å². The van der Waals surface area contributed by atoms with Gasteiger partial charge in [-0.1, -0.05) is 34.6 Å². The Morgan fingerprint density at radius 1 is 1.00 bits per heavy atom. The molecule has 15 heavy (non-hydrogen) atoms. The lowest BCUT2D eigenvalue weighted by Gasteiger charge is -2.42. The van der Waals surface area contributed by atoms with Crippen LogP contribution in [0.3, 0.4) is 0 Å². The van der Waals surface area contributed by atoms with Crippen molar-refractivity contribution in [1.82, 2.24) is 0 Å². The minimum absolute atomic E-state index is 0.00463. The monoisotopic (exact) mass is 218 g/mol. The standard InChI is InChI=1S/C10H20O3.C2H6/c1-5(2)10-9(12)8(11)6(3)7(4)13-10;1-2/h5-12H,1-4H3;1-2H3. The topological polar surface area (TPSA) is 49.7 Å². The molecule has 0 aliphatic carbocycles. The maximum Gasteiger partial charge on any atom is 0.107 e. The normalized spacial score (nSPS) is 41.0. The molecule has 2 N–H and O–H groups in total. The molecule has 0 amide bonds. The summed E-state index contributed by atoms with van der Waals surface area (Å²) in [5.41, 5.74) is 0. The molecule has 0 aromatic carbocycles. The highest BCUT2D eigenvalue weighted by Gasteiger charge is 2.41. The molecule has 5 atom stereocenters. The van der Waals surface area contributed by atoms with Gasteiger partial charge in [0.2, 0.25) is 0 Å². The second-order valence-corrected chi connectivity index (χ2v) is 4.39. The number of ether oxygens (including phenoxy) is 1. The van der Waals surface area contributed by atoms with E-state index < -0.39 is 12.2 Å². The van der Waals surface area contributed by atoms with Crippen LogP contribution in [0.2, 0.25) is 0 Å². The van der Waals surface area contributed by atoms with Gasteiger partial charge in [-0.15, -0.1) is 0 Å². The zero-order valence-electron chi connectivity index (χ0n) is 10.8. The van der Waals surface area contributed by atoms with Crippen LogP contribution < -0.4 is 0 Å². The Morgan fingerprint density at radius 3 is 1.87 bits per heavy atom. The van der Waals surface area contributed by atoms with E-state index in [9.17, 15) is 10.2 Å². The summed E-state index contributed by atoms with van der Waals surface area (Å²) >= 11 is 0. The summed E-state index contributed by atoms with van der Waals surface area (Å²) in [6, 6.07) is 0. The molecule has 1 heterocycles. The van der Waals surface area contributed by atoms with Gasteiger partial charge in [-0.05, 0) is 12.8 Å². The largest absolute Gasteiger partial charge is 0.390 e. The third kappa shape index (κ3) is 3.44. The summed E-state index contributed by atoms with van der Waals surface area (Å²) < 4.78 is 5.63. The summed E-state index contributed by atoms with van der Waals surface area (Å²) in [5.74, 6) is 0.240. The van der Waals surface area contributed by atoms with Crippen LogP contribution in [0.25, 0.3) is 0 Å². The highest BCUT2D eigenvalue weighted by molar-refractivity contribution is 4.89. The number of aliphatic hydroxyl groups is 2. The number of hydrogen-bond donors (Lipinski definition) is 2. The van der Waals surface area contributed by atoms with Gasteiger partial charge in [0.25, 0.3) is 0 Å². The van der Waals surface area contributed by atoms with E-state index in [4.69, 9.17) is 4.74 Å². The van der Waals surface area contributed by atoms with Crippen LogP contribution in [0.4, 0.5) is 0 Å². The molecule has 1 aliphatic heterocycles. The minimum Gasteiger partial charge on any atom is -0.390 e. The van der Waals surface area contributed by atoms with E-state index in [1.54, 1.807) is 0 Å². The molecule has 0 radical (unpaired) electrons. The average molecular weight is 218 g/mol. The molecule has 92 valence electrons. The van der Waals surface area contributed by atoms with Crippen molar-refractivity contribution in [2.45, 2.75) is 66.0 Å². The summed E-state index contributed by atoms with van der Waals surface area (Å²) in [4.78, 5) is 0. The van der Waals surface area contributed by atoms with Crippen LogP contribution in [0.5, 0.6) is 0 Å². The predicted octanol–water partition coefficient (Wildman–Crippen LogP) is 1.81. The molecule has 0 aromatic rings. The van der Waals surface area contributed by atoms with Gasteiger partial charge in [0.05, 0.1) is 18.3 Å². The Bertz CT molecular complexity index is 170. The lowest BCUT2D eigenvalue weighted by Crippen LogP contribution is -2.54. The van der Waals surface area contributed by atoms with E-state index in [1.165, 1.54) is 0 Å². The van der Waals surface area contributed by atoms with E-state index in [0.29, 0.717) is 0 Å². The van der Waals surface area contributed by atoms with Gasteiger partial charge in [-0.3, -0.25) is 0 Å². The van der Waals surface area contributed by atoms with Crippen molar-refractivity contribution < 1.29 is 14.9 Å². The van der Waals surface area contributed by atoms with Crippen LogP contribution in [0.1, 0.15) is 41.5 Å². The van der Waals surface area contributed by atoms with Gasteiger partial charge >= 0.3 is 0 Å². The smallest absolute Gasteiger partial charge is 0.107 e. The SMILES string of the molecule is CC.CC(C)C1OC(C)C(C)C(O)C1O. The fourth-order valence-electron chi connectivity index (χ4n) is 1.79. The maximum absolute atomic E-state index is 9.72. The lowest BCUT2D eigenvalue weighted by atomic mass is 9.85. The third-order valence-corrected chi connectivity index (χ3v) is 2.99. The second-order valence-electron chi connectivity index (χ2n) is 4.39. The molecule has 0 bridgehead atoms. The van der Waals surface area contributed by atoms with Crippen LogP contribution in [0, 0.1) is 11.8 Å². The van der Waals surface area contributed by atoms with Crippen molar-refractivity contribution in [3.05, 3.63) is 0 Å². The number of hydrogen-bond acceptors (Lipinski definition) is 3. The van der Waals surface area contributed by atoms with Crippen molar-refractivity contribution >= 4 is 0 Å². The molecular weight excluding hydrogens is 192 g/mol. The first-order valence-corrected chi connectivity index (χ1v) is 5.96. The fraction of sp³-hybridized carbons (Fsp3) is 1.00. The maximum atomic E-state index is 9.72. The van der Waals surface area contributed by atoms with E-state index in [1.807, 2.05) is 41.5 Å². The first kappa shape index (κ1) is 14.9. The summed E-state index contributed by atoms with van der Waals surface area (Å²) in [6.45, 7) is 11.8. The van der Waals surface area contributed by atoms with Crippen molar-refractivity contribution in [1.29, 1.82) is 0 Å². The summed E-state index contributed by atoms with van der Waals surface area (Å²) in [5, 5.41) is 19.4. The van der Waals surface area contributed by atoms with Crippen LogP contribution in [-0.4, -0.2) is 34.6 Å². The van der Waals surface area contributed by atoms with Gasteiger partial charge in [0.1, 0.15) is 6.10 Å². The molecular formula is C12H26O3. The molecule has 0 spiro atoms. The van der Waals surface area contributed by atoms with E-state index in [0.717, 1.165) is 0 Å². The summed E-state index contributed by atoms with van der Waals surface area (Å²) in [7, 11) is 0. The molecule has 0 aromatic heterocycles. The molecule has 1 aliphatic rings. The Balaban J connectivity index is 0.000000921. The Kier molecular flexibility index (Phi) is 6.41. The highest BCUT2D eigenvalue weighted by Crippen LogP contribution is 2.28. The first-order valence-electron chi connectivity index (χ1n) is 5.96. The molecule has 3 nitrogen and oxygen atoms in total. The van der Waals surface area contributed by atoms with Crippen LogP contribution >= 0.6 is 0 Å². The molecule has 1 fully saturated rings. The quantitative estimate of drug-likeness (QED) is 0.706. The number of rotatable bonds is 1. The zero-order chi connectivity index (χ0) is 12.2. The second kappa shape index (κ2) is 6.46.